The average Bonchev–Trinajstić information content (AvgIpc) is 2.37. The van der Waals surface area contributed by atoms with Gasteiger partial charge in [0.25, 0.3) is 0 Å². The first-order chi connectivity index (χ1) is 8.68. The molecule has 3 N–H and O–H groups in total. The normalized spacial score (nSPS) is 10.1. The van der Waals surface area contributed by atoms with Crippen LogP contribution in [0.3, 0.4) is 0 Å². The van der Waals surface area contributed by atoms with E-state index in [0.29, 0.717) is 17.1 Å². The number of benzene rings is 1. The van der Waals surface area contributed by atoms with E-state index in [9.17, 15) is 0 Å². The Morgan fingerprint density at radius 1 is 1.28 bits per heavy atom. The zero-order chi connectivity index (χ0) is 13.0. The maximum absolute atomic E-state index is 6.08. The number of hydrogen-bond acceptors (Lipinski definition) is 3. The van der Waals surface area contributed by atoms with Crippen LogP contribution in [0.2, 0.25) is 5.02 Å². The molecule has 0 fully saturated rings. The zero-order valence-electron chi connectivity index (χ0n) is 9.56. The maximum Gasteiger partial charge on any atom is 0.107 e. The van der Waals surface area contributed by atoms with Crippen molar-refractivity contribution >= 4 is 34.5 Å². The summed E-state index contributed by atoms with van der Waals surface area (Å²) in [4.78, 5) is 4.51. The summed E-state index contributed by atoms with van der Waals surface area (Å²) in [5, 5.41) is 3.79. The van der Waals surface area contributed by atoms with Crippen LogP contribution in [0, 0.1) is 0 Å². The lowest BCUT2D eigenvalue weighted by molar-refractivity contribution is 1.05. The number of hydrogen-bond donors (Lipinski definition) is 2. The molecule has 0 aliphatic carbocycles. The molecule has 3 nitrogen and oxygen atoms in total. The van der Waals surface area contributed by atoms with E-state index in [2.05, 4.69) is 10.3 Å². The van der Waals surface area contributed by atoms with Crippen LogP contribution in [0.15, 0.2) is 42.6 Å². The molecule has 5 heteroatoms. The lowest BCUT2D eigenvalue weighted by atomic mass is 10.1. The summed E-state index contributed by atoms with van der Waals surface area (Å²) < 4.78 is 0. The molecule has 2 aromatic rings. The molecule has 0 radical (unpaired) electrons. The molecule has 0 unspecified atom stereocenters. The predicted molar refractivity (Wildman–Crippen MR) is 78.9 cm³/mol. The Labute approximate surface area is 116 Å². The number of halogens is 1. The minimum absolute atomic E-state index is 0.282. The molecule has 1 aromatic carbocycles. The Balaban J connectivity index is 2.20. The molecule has 0 aliphatic heterocycles. The Kier molecular flexibility index (Phi) is 4.12. The van der Waals surface area contributed by atoms with E-state index in [-0.39, 0.29) is 4.99 Å². The molecule has 18 heavy (non-hydrogen) atoms. The minimum Gasteiger partial charge on any atom is -0.389 e. The Bertz CT molecular complexity index is 557. The fraction of sp³-hybridized carbons (Fsp3) is 0.0769. The first-order valence-corrected chi connectivity index (χ1v) is 6.19. The van der Waals surface area contributed by atoms with Crippen molar-refractivity contribution in [2.75, 3.05) is 5.32 Å². The molecule has 0 saturated heterocycles. The van der Waals surface area contributed by atoms with Crippen molar-refractivity contribution in [3.8, 4) is 0 Å². The van der Waals surface area contributed by atoms with Gasteiger partial charge >= 0.3 is 0 Å². The van der Waals surface area contributed by atoms with Gasteiger partial charge in [-0.3, -0.25) is 4.98 Å². The van der Waals surface area contributed by atoms with E-state index >= 15 is 0 Å². The van der Waals surface area contributed by atoms with Crippen molar-refractivity contribution in [1.29, 1.82) is 0 Å². The number of anilines is 1. The fourth-order valence-corrected chi connectivity index (χ4v) is 2.16. The largest absolute Gasteiger partial charge is 0.389 e. The van der Waals surface area contributed by atoms with E-state index in [4.69, 9.17) is 29.6 Å². The second-order valence-corrected chi connectivity index (χ2v) is 4.55. The van der Waals surface area contributed by atoms with Crippen LogP contribution in [-0.4, -0.2) is 9.97 Å². The van der Waals surface area contributed by atoms with E-state index in [1.807, 2.05) is 30.3 Å². The van der Waals surface area contributed by atoms with Gasteiger partial charge in [-0.1, -0.05) is 36.0 Å². The van der Waals surface area contributed by atoms with Crippen molar-refractivity contribution in [2.24, 2.45) is 5.73 Å². The van der Waals surface area contributed by atoms with Crippen LogP contribution in [0.25, 0.3) is 0 Å². The van der Waals surface area contributed by atoms with Crippen LogP contribution < -0.4 is 11.1 Å². The van der Waals surface area contributed by atoms with Gasteiger partial charge in [0.05, 0.1) is 22.8 Å². The molecule has 0 aliphatic rings. The van der Waals surface area contributed by atoms with Gasteiger partial charge in [-0.25, -0.2) is 0 Å². The molecular weight excluding hydrogens is 266 g/mol. The van der Waals surface area contributed by atoms with Gasteiger partial charge in [-0.2, -0.15) is 0 Å². The molecule has 0 spiro atoms. The molecule has 1 heterocycles. The highest BCUT2D eigenvalue weighted by Gasteiger charge is 2.09. The van der Waals surface area contributed by atoms with Gasteiger partial charge in [-0.15, -0.1) is 0 Å². The van der Waals surface area contributed by atoms with Crippen LogP contribution >= 0.6 is 23.8 Å². The number of rotatable bonds is 4. The highest BCUT2D eigenvalue weighted by Crippen LogP contribution is 2.24. The molecule has 0 amide bonds. The quantitative estimate of drug-likeness (QED) is 0.844. The van der Waals surface area contributed by atoms with E-state index in [0.717, 1.165) is 11.4 Å². The Morgan fingerprint density at radius 3 is 2.78 bits per heavy atom. The number of pyridine rings is 1. The molecule has 0 bridgehead atoms. The Morgan fingerprint density at radius 2 is 2.11 bits per heavy atom. The van der Waals surface area contributed by atoms with Gasteiger partial charge < -0.3 is 11.1 Å². The van der Waals surface area contributed by atoms with Gasteiger partial charge in [0.15, 0.2) is 0 Å². The van der Waals surface area contributed by atoms with E-state index < -0.39 is 0 Å². The lowest BCUT2D eigenvalue weighted by Crippen LogP contribution is -2.14. The van der Waals surface area contributed by atoms with Crippen molar-refractivity contribution < 1.29 is 0 Å². The summed E-state index contributed by atoms with van der Waals surface area (Å²) in [7, 11) is 0. The minimum atomic E-state index is 0.282. The predicted octanol–water partition coefficient (Wildman–Crippen LogP) is 2.98. The van der Waals surface area contributed by atoms with Crippen LogP contribution in [0.5, 0.6) is 0 Å². The molecule has 2 rings (SSSR count). The third-order valence-corrected chi connectivity index (χ3v) is 2.97. The van der Waals surface area contributed by atoms with Gasteiger partial charge in [-0.05, 0) is 24.3 Å². The van der Waals surface area contributed by atoms with Crippen molar-refractivity contribution in [2.45, 2.75) is 6.54 Å². The number of nitrogens with two attached hydrogens (primary N) is 1. The highest BCUT2D eigenvalue weighted by atomic mass is 35.5. The first kappa shape index (κ1) is 12.8. The second-order valence-electron chi connectivity index (χ2n) is 3.70. The van der Waals surface area contributed by atoms with Gasteiger partial charge in [0, 0.05) is 11.9 Å². The number of nitrogens with zero attached hydrogens (tertiary/aromatic N) is 1. The topological polar surface area (TPSA) is 50.9 Å². The lowest BCUT2D eigenvalue weighted by Gasteiger charge is -2.12. The first-order valence-electron chi connectivity index (χ1n) is 5.40. The van der Waals surface area contributed by atoms with Crippen LogP contribution in [-0.2, 0) is 6.54 Å². The van der Waals surface area contributed by atoms with Gasteiger partial charge in [0.2, 0.25) is 0 Å². The number of nitrogens with one attached hydrogen (secondary N) is 1. The third-order valence-electron chi connectivity index (χ3n) is 2.45. The fourth-order valence-electron chi connectivity index (χ4n) is 1.61. The van der Waals surface area contributed by atoms with E-state index in [1.165, 1.54) is 0 Å². The smallest absolute Gasteiger partial charge is 0.107 e. The SMILES string of the molecule is NC(=S)c1c(Cl)cccc1NCc1ccccn1. The summed E-state index contributed by atoms with van der Waals surface area (Å²) in [5.41, 5.74) is 8.10. The molecule has 92 valence electrons. The summed E-state index contributed by atoms with van der Waals surface area (Å²) in [5.74, 6) is 0. The van der Waals surface area contributed by atoms with Crippen molar-refractivity contribution in [1.82, 2.24) is 4.98 Å². The summed E-state index contributed by atoms with van der Waals surface area (Å²) >= 11 is 11.1. The van der Waals surface area contributed by atoms with Gasteiger partial charge in [0.1, 0.15) is 4.99 Å². The van der Waals surface area contributed by atoms with Crippen molar-refractivity contribution in [3.63, 3.8) is 0 Å². The second kappa shape index (κ2) is 5.80. The standard InChI is InChI=1S/C13H12ClN3S/c14-10-5-3-6-11(12(10)13(15)18)17-8-9-4-1-2-7-16-9/h1-7,17H,8H2,(H2,15,18). The van der Waals surface area contributed by atoms with Crippen molar-refractivity contribution in [3.05, 3.63) is 58.9 Å². The number of thiocarbonyl (C=S) groups is 1. The zero-order valence-corrected chi connectivity index (χ0v) is 11.1. The molecular formula is C13H12ClN3S. The molecule has 1 aromatic heterocycles. The van der Waals surface area contributed by atoms with Crippen LogP contribution in [0.1, 0.15) is 11.3 Å². The van der Waals surface area contributed by atoms with Crippen LogP contribution in [0.4, 0.5) is 5.69 Å². The molecule has 0 atom stereocenters. The third kappa shape index (κ3) is 2.97. The number of aromatic nitrogens is 1. The van der Waals surface area contributed by atoms with E-state index in [1.54, 1.807) is 12.3 Å². The summed E-state index contributed by atoms with van der Waals surface area (Å²) in [6, 6.07) is 11.3. The molecule has 0 saturated carbocycles. The monoisotopic (exact) mass is 277 g/mol. The summed E-state index contributed by atoms with van der Waals surface area (Å²) in [6.07, 6.45) is 1.75. The average molecular weight is 278 g/mol. The summed E-state index contributed by atoms with van der Waals surface area (Å²) in [6.45, 7) is 0.594. The maximum atomic E-state index is 6.08. The Hall–Kier alpha value is -1.65. The highest BCUT2D eigenvalue weighted by molar-refractivity contribution is 7.80.